The van der Waals surface area contributed by atoms with Gasteiger partial charge in [-0.05, 0) is 33.0 Å². The minimum atomic E-state index is -0.504. The van der Waals surface area contributed by atoms with Crippen LogP contribution in [0, 0.1) is 0 Å². The summed E-state index contributed by atoms with van der Waals surface area (Å²) in [5.74, 6) is 0.0246. The molecule has 0 spiro atoms. The molecule has 0 saturated heterocycles. The van der Waals surface area contributed by atoms with Crippen LogP contribution < -0.4 is 10.6 Å². The Labute approximate surface area is 90.5 Å². The van der Waals surface area contributed by atoms with Crippen LogP contribution in [0.2, 0.25) is 0 Å². The molecule has 0 aliphatic rings. The van der Waals surface area contributed by atoms with Gasteiger partial charge in [-0.3, -0.25) is 4.79 Å². The number of H-pyrrole nitrogens is 1. The Bertz CT molecular complexity index is 304. The van der Waals surface area contributed by atoms with Crippen LogP contribution in [-0.2, 0) is 11.2 Å². The van der Waals surface area contributed by atoms with Gasteiger partial charge in [0, 0.05) is 24.9 Å². The van der Waals surface area contributed by atoms with Gasteiger partial charge in [-0.15, -0.1) is 0 Å². The number of aromatic nitrogens is 1. The summed E-state index contributed by atoms with van der Waals surface area (Å²) in [5.41, 5.74) is 0.632. The van der Waals surface area contributed by atoms with Gasteiger partial charge in [0.15, 0.2) is 0 Å². The van der Waals surface area contributed by atoms with Crippen LogP contribution in [-0.4, -0.2) is 30.0 Å². The Kier molecular flexibility index (Phi) is 3.91. The highest BCUT2D eigenvalue weighted by atomic mass is 16.2. The lowest BCUT2D eigenvalue weighted by molar-refractivity contribution is -0.126. The molecule has 0 aromatic carbocycles. The molecule has 0 unspecified atom stereocenters. The van der Waals surface area contributed by atoms with Crippen molar-refractivity contribution in [3.63, 3.8) is 0 Å². The van der Waals surface area contributed by atoms with Crippen LogP contribution in [0.3, 0.4) is 0 Å². The van der Waals surface area contributed by atoms with Gasteiger partial charge in [-0.1, -0.05) is 0 Å². The second kappa shape index (κ2) is 4.98. The first kappa shape index (κ1) is 11.8. The predicted molar refractivity (Wildman–Crippen MR) is 60.6 cm³/mol. The van der Waals surface area contributed by atoms with Crippen molar-refractivity contribution < 1.29 is 4.79 Å². The average molecular weight is 209 g/mol. The zero-order valence-corrected chi connectivity index (χ0v) is 9.55. The molecule has 3 N–H and O–H groups in total. The number of nitrogens with one attached hydrogen (secondary N) is 3. The van der Waals surface area contributed by atoms with Crippen molar-refractivity contribution in [1.82, 2.24) is 15.6 Å². The highest BCUT2D eigenvalue weighted by Gasteiger charge is 2.24. The lowest BCUT2D eigenvalue weighted by Crippen LogP contribution is -2.51. The third-order valence-electron chi connectivity index (χ3n) is 2.53. The van der Waals surface area contributed by atoms with E-state index < -0.39 is 5.54 Å². The molecule has 0 fully saturated rings. The summed E-state index contributed by atoms with van der Waals surface area (Å²) < 4.78 is 0. The largest absolute Gasteiger partial charge is 0.365 e. The average Bonchev–Trinajstić information content (AvgIpc) is 2.70. The van der Waals surface area contributed by atoms with E-state index in [1.807, 2.05) is 32.2 Å². The third kappa shape index (κ3) is 3.40. The Morgan fingerprint density at radius 2 is 2.27 bits per heavy atom. The first-order valence-electron chi connectivity index (χ1n) is 5.16. The molecule has 1 rings (SSSR count). The van der Waals surface area contributed by atoms with Crippen molar-refractivity contribution >= 4 is 5.91 Å². The zero-order valence-electron chi connectivity index (χ0n) is 9.55. The molecule has 0 saturated carbocycles. The van der Waals surface area contributed by atoms with Crippen LogP contribution in [0.1, 0.15) is 19.5 Å². The number of hydrogen-bond acceptors (Lipinski definition) is 2. The molecule has 15 heavy (non-hydrogen) atoms. The van der Waals surface area contributed by atoms with Gasteiger partial charge in [0.2, 0.25) is 5.91 Å². The van der Waals surface area contributed by atoms with Gasteiger partial charge in [-0.2, -0.15) is 0 Å². The Morgan fingerprint density at radius 1 is 1.53 bits per heavy atom. The van der Waals surface area contributed by atoms with Crippen molar-refractivity contribution in [1.29, 1.82) is 0 Å². The van der Waals surface area contributed by atoms with Gasteiger partial charge >= 0.3 is 0 Å². The zero-order chi connectivity index (χ0) is 11.3. The van der Waals surface area contributed by atoms with E-state index in [0.29, 0.717) is 6.54 Å². The number of carbonyl (C=O) groups is 1. The van der Waals surface area contributed by atoms with Crippen LogP contribution in [0.15, 0.2) is 18.3 Å². The van der Waals surface area contributed by atoms with Crippen LogP contribution in [0.25, 0.3) is 0 Å². The molecule has 1 amide bonds. The molecule has 1 aromatic heterocycles. The van der Waals surface area contributed by atoms with Gasteiger partial charge in [0.25, 0.3) is 0 Å². The van der Waals surface area contributed by atoms with Crippen LogP contribution in [0.4, 0.5) is 0 Å². The normalized spacial score (nSPS) is 11.4. The summed E-state index contributed by atoms with van der Waals surface area (Å²) in [6.45, 7) is 4.37. The van der Waals surface area contributed by atoms with Crippen molar-refractivity contribution in [3.05, 3.63) is 24.0 Å². The second-order valence-electron chi connectivity index (χ2n) is 4.08. The van der Waals surface area contributed by atoms with Crippen molar-refractivity contribution in [2.45, 2.75) is 25.8 Å². The van der Waals surface area contributed by atoms with Gasteiger partial charge in [0.1, 0.15) is 0 Å². The highest BCUT2D eigenvalue weighted by molar-refractivity contribution is 5.85. The summed E-state index contributed by atoms with van der Waals surface area (Å²) in [7, 11) is 1.78. The lowest BCUT2D eigenvalue weighted by Gasteiger charge is -2.22. The molecule has 84 valence electrons. The van der Waals surface area contributed by atoms with E-state index in [9.17, 15) is 4.79 Å². The molecule has 1 aromatic rings. The van der Waals surface area contributed by atoms with E-state index in [1.165, 1.54) is 0 Å². The number of aromatic amines is 1. The predicted octanol–water partition coefficient (Wildman–Crippen LogP) is 0.671. The van der Waals surface area contributed by atoms with E-state index in [0.717, 1.165) is 12.1 Å². The molecule has 0 atom stereocenters. The molecule has 1 heterocycles. The summed E-state index contributed by atoms with van der Waals surface area (Å²) in [6, 6.07) is 3.96. The summed E-state index contributed by atoms with van der Waals surface area (Å²) >= 11 is 0. The Hall–Kier alpha value is -1.29. The molecular formula is C11H19N3O. The first-order valence-corrected chi connectivity index (χ1v) is 5.16. The minimum Gasteiger partial charge on any atom is -0.365 e. The molecule has 4 nitrogen and oxygen atoms in total. The Morgan fingerprint density at radius 3 is 2.80 bits per heavy atom. The monoisotopic (exact) mass is 209 g/mol. The maximum atomic E-state index is 11.6. The SMILES string of the molecule is CNC(C)(C)C(=O)NCCc1ccc[nH]1. The molecule has 0 bridgehead atoms. The smallest absolute Gasteiger partial charge is 0.239 e. The van der Waals surface area contributed by atoms with Crippen LogP contribution in [0.5, 0.6) is 0 Å². The van der Waals surface area contributed by atoms with E-state index in [2.05, 4.69) is 15.6 Å². The summed E-state index contributed by atoms with van der Waals surface area (Å²) in [5, 5.41) is 5.86. The number of amides is 1. The minimum absolute atomic E-state index is 0.0246. The molecular weight excluding hydrogens is 190 g/mol. The van der Waals surface area contributed by atoms with Crippen molar-refractivity contribution in [3.8, 4) is 0 Å². The van der Waals surface area contributed by atoms with E-state index in [1.54, 1.807) is 7.05 Å². The number of carbonyl (C=O) groups excluding carboxylic acids is 1. The molecule has 0 aliphatic carbocycles. The van der Waals surface area contributed by atoms with Gasteiger partial charge < -0.3 is 15.6 Å². The quantitative estimate of drug-likeness (QED) is 0.667. The van der Waals surface area contributed by atoms with Crippen LogP contribution >= 0.6 is 0 Å². The standard InChI is InChI=1S/C11H19N3O/c1-11(2,12-3)10(15)14-8-6-9-5-4-7-13-9/h4-5,7,12-13H,6,8H2,1-3H3,(H,14,15). The number of likely N-dealkylation sites (N-methyl/N-ethyl adjacent to an activating group) is 1. The maximum Gasteiger partial charge on any atom is 0.239 e. The summed E-state index contributed by atoms with van der Waals surface area (Å²) in [4.78, 5) is 14.7. The number of hydrogen-bond donors (Lipinski definition) is 3. The van der Waals surface area contributed by atoms with Gasteiger partial charge in [-0.25, -0.2) is 0 Å². The second-order valence-corrected chi connectivity index (χ2v) is 4.08. The fraction of sp³-hybridized carbons (Fsp3) is 0.545. The van der Waals surface area contributed by atoms with Crippen molar-refractivity contribution in [2.24, 2.45) is 0 Å². The van der Waals surface area contributed by atoms with E-state index >= 15 is 0 Å². The molecule has 0 radical (unpaired) electrons. The molecule has 4 heteroatoms. The fourth-order valence-electron chi connectivity index (χ4n) is 1.17. The molecule has 0 aliphatic heterocycles. The van der Waals surface area contributed by atoms with E-state index in [4.69, 9.17) is 0 Å². The first-order chi connectivity index (χ1) is 7.06. The van der Waals surface area contributed by atoms with E-state index in [-0.39, 0.29) is 5.91 Å². The van der Waals surface area contributed by atoms with Gasteiger partial charge in [0.05, 0.1) is 5.54 Å². The highest BCUT2D eigenvalue weighted by Crippen LogP contribution is 2.00. The van der Waals surface area contributed by atoms with Crippen molar-refractivity contribution in [2.75, 3.05) is 13.6 Å². The Balaban J connectivity index is 2.29. The third-order valence-corrected chi connectivity index (χ3v) is 2.53. The number of rotatable bonds is 5. The topological polar surface area (TPSA) is 56.9 Å². The summed E-state index contributed by atoms with van der Waals surface area (Å²) in [6.07, 6.45) is 2.72. The lowest BCUT2D eigenvalue weighted by atomic mass is 10.1. The fourth-order valence-corrected chi connectivity index (χ4v) is 1.17. The maximum absolute atomic E-state index is 11.6.